The molecule has 0 saturated carbocycles. The van der Waals surface area contributed by atoms with Crippen molar-refractivity contribution in [2.45, 2.75) is 59.0 Å². The lowest BCUT2D eigenvalue weighted by Crippen LogP contribution is -2.28. The molecule has 0 bridgehead atoms. The van der Waals surface area contributed by atoms with E-state index in [1.165, 1.54) is 30.9 Å². The number of nitrogens with zero attached hydrogens (tertiary/aromatic N) is 11. The largest absolute Gasteiger partial charge is 0.417 e. The number of hydrogen-bond acceptors (Lipinski definition) is 12. The summed E-state index contributed by atoms with van der Waals surface area (Å²) in [6, 6.07) is 4.78. The van der Waals surface area contributed by atoms with Gasteiger partial charge in [-0.3, -0.25) is 19.6 Å². The van der Waals surface area contributed by atoms with Gasteiger partial charge in [-0.2, -0.15) is 13.2 Å². The van der Waals surface area contributed by atoms with E-state index >= 15 is 0 Å². The van der Waals surface area contributed by atoms with Crippen LogP contribution >= 0.6 is 11.6 Å². The van der Waals surface area contributed by atoms with Gasteiger partial charge in [0, 0.05) is 19.3 Å². The van der Waals surface area contributed by atoms with Crippen molar-refractivity contribution in [2.75, 3.05) is 5.32 Å². The summed E-state index contributed by atoms with van der Waals surface area (Å²) in [5.74, 6) is -0.158. The lowest BCUT2D eigenvalue weighted by molar-refractivity contribution is -0.137. The summed E-state index contributed by atoms with van der Waals surface area (Å²) in [5, 5.41) is 8.77. The van der Waals surface area contributed by atoms with Gasteiger partial charge in [-0.15, -0.1) is 0 Å². The van der Waals surface area contributed by atoms with Gasteiger partial charge in [0.05, 0.1) is 89.9 Å². The molecule has 7 aromatic heterocycles. The van der Waals surface area contributed by atoms with Crippen molar-refractivity contribution in [3.05, 3.63) is 114 Å². The Hall–Kier alpha value is -6.63. The zero-order chi connectivity index (χ0) is 40.0. The van der Waals surface area contributed by atoms with Gasteiger partial charge >= 0.3 is 6.18 Å². The van der Waals surface area contributed by atoms with E-state index < -0.39 is 17.8 Å². The number of carbonyl (C=O) groups excluding carboxylic acids is 2. The predicted octanol–water partition coefficient (Wildman–Crippen LogP) is 6.28. The Balaban J connectivity index is 0.000000202. The number of nitrogens with one attached hydrogen (secondary N) is 3. The molecule has 0 aliphatic rings. The molecule has 7 rings (SSSR count). The fourth-order valence-electron chi connectivity index (χ4n) is 5.30. The van der Waals surface area contributed by atoms with Gasteiger partial charge in [-0.25, -0.2) is 34.9 Å². The summed E-state index contributed by atoms with van der Waals surface area (Å²) >= 11 is 5.71. The Morgan fingerprint density at radius 3 is 1.61 bits per heavy atom. The minimum Gasteiger partial charge on any atom is -0.343 e. The molecule has 7 aromatic rings. The number of carbonyl (C=O) groups is 2. The Labute approximate surface area is 322 Å². The molecule has 0 fully saturated rings. The van der Waals surface area contributed by atoms with E-state index in [4.69, 9.17) is 11.6 Å². The second kappa shape index (κ2) is 16.8. The zero-order valence-corrected chi connectivity index (χ0v) is 31.1. The Kier molecular flexibility index (Phi) is 11.7. The molecule has 2 unspecified atom stereocenters. The minimum atomic E-state index is -4.45. The highest BCUT2D eigenvalue weighted by atomic mass is 35.5. The van der Waals surface area contributed by atoms with Crippen LogP contribution < -0.4 is 16.0 Å². The molecule has 16 nitrogen and oxygen atoms in total. The van der Waals surface area contributed by atoms with Gasteiger partial charge in [0.2, 0.25) is 0 Å². The van der Waals surface area contributed by atoms with Crippen LogP contribution in [0.5, 0.6) is 0 Å². The van der Waals surface area contributed by atoms with E-state index in [1.807, 2.05) is 29.9 Å². The third-order valence-electron chi connectivity index (χ3n) is 8.40. The monoisotopic (exact) mass is 786 g/mol. The summed E-state index contributed by atoms with van der Waals surface area (Å²) in [7, 11) is 0. The van der Waals surface area contributed by atoms with Gasteiger partial charge in [0.25, 0.3) is 11.8 Å². The predicted molar refractivity (Wildman–Crippen MR) is 200 cm³/mol. The Morgan fingerprint density at radius 1 is 0.661 bits per heavy atom. The number of pyridine rings is 3. The lowest BCUT2D eigenvalue weighted by Gasteiger charge is -2.13. The van der Waals surface area contributed by atoms with Crippen LogP contribution in [0.3, 0.4) is 0 Å². The van der Waals surface area contributed by atoms with E-state index in [0.29, 0.717) is 33.6 Å². The molecular weight excluding hydrogens is 753 g/mol. The number of halogens is 4. The fraction of sp³-hybridized carbons (Fsp3) is 0.250. The fourth-order valence-corrected chi connectivity index (χ4v) is 5.40. The summed E-state index contributed by atoms with van der Waals surface area (Å²) < 4.78 is 41.8. The van der Waals surface area contributed by atoms with Crippen LogP contribution in [0, 0.1) is 0 Å². The van der Waals surface area contributed by atoms with Crippen molar-refractivity contribution in [1.82, 2.24) is 64.6 Å². The lowest BCUT2D eigenvalue weighted by atomic mass is 10.2. The standard InChI is InChI=1S/C21H19F3N8O.C15H15ClN6O/c1-3-32-11-29-16-9-25-14(6-17(16)32)20(33)30-12(2)15-8-28-19(10-26-15)31-18-5-4-13(7-27-18)21(22,23)24;1-3-22-8-20-12-6-17-10(4-13(12)22)15(23)21-9(2)11-5-19-14(16)7-18-11/h4-12H,3H2,1-2H3,(H,30,33)(H,27,28,31);4-9H,3H2,1-2H3,(H,21,23). The average Bonchev–Trinajstić information content (AvgIpc) is 3.81. The number of aromatic nitrogens is 11. The maximum absolute atomic E-state index is 12.6. The third-order valence-corrected chi connectivity index (χ3v) is 8.60. The van der Waals surface area contributed by atoms with E-state index in [1.54, 1.807) is 44.1 Å². The molecule has 20 heteroatoms. The zero-order valence-electron chi connectivity index (χ0n) is 30.3. The van der Waals surface area contributed by atoms with Crippen molar-refractivity contribution in [1.29, 1.82) is 0 Å². The molecule has 0 aromatic carbocycles. The third kappa shape index (κ3) is 9.17. The molecule has 2 amide bonds. The van der Waals surface area contributed by atoms with Crippen LogP contribution in [0.15, 0.2) is 80.3 Å². The van der Waals surface area contributed by atoms with Gasteiger partial charge in [-0.05, 0) is 52.0 Å². The molecule has 0 aliphatic carbocycles. The second-order valence-corrected chi connectivity index (χ2v) is 12.6. The van der Waals surface area contributed by atoms with E-state index in [9.17, 15) is 22.8 Å². The number of aryl methyl sites for hydroxylation is 2. The highest BCUT2D eigenvalue weighted by Crippen LogP contribution is 2.29. The summed E-state index contributed by atoms with van der Waals surface area (Å²) in [6.45, 7) is 9.07. The van der Waals surface area contributed by atoms with Crippen molar-refractivity contribution >= 4 is 57.1 Å². The number of amides is 2. The molecule has 56 heavy (non-hydrogen) atoms. The molecule has 7 heterocycles. The minimum absolute atomic E-state index is 0.194. The topological polar surface area (TPSA) is 196 Å². The normalized spacial score (nSPS) is 12.4. The highest BCUT2D eigenvalue weighted by molar-refractivity contribution is 6.29. The van der Waals surface area contributed by atoms with Gasteiger partial charge in [-0.1, -0.05) is 11.6 Å². The number of hydrogen-bond donors (Lipinski definition) is 3. The first-order valence-corrected chi connectivity index (χ1v) is 17.5. The maximum atomic E-state index is 12.6. The molecule has 2 atom stereocenters. The number of rotatable bonds is 10. The van der Waals surface area contributed by atoms with Crippen LogP contribution in [-0.4, -0.2) is 65.8 Å². The molecule has 0 saturated heterocycles. The number of imidazole rings is 2. The Morgan fingerprint density at radius 2 is 1.18 bits per heavy atom. The van der Waals surface area contributed by atoms with E-state index in [-0.39, 0.29) is 29.4 Å². The van der Waals surface area contributed by atoms with Crippen LogP contribution in [0.1, 0.15) is 77.7 Å². The van der Waals surface area contributed by atoms with Crippen molar-refractivity contribution in [3.8, 4) is 0 Å². The average molecular weight is 787 g/mol. The first kappa shape index (κ1) is 39.1. The summed E-state index contributed by atoms with van der Waals surface area (Å²) in [5.41, 5.74) is 4.04. The molecule has 288 valence electrons. The molecule has 3 N–H and O–H groups in total. The van der Waals surface area contributed by atoms with Gasteiger partial charge in [0.1, 0.15) is 39.2 Å². The molecule has 0 radical (unpaired) electrons. The van der Waals surface area contributed by atoms with Crippen molar-refractivity contribution in [2.24, 2.45) is 0 Å². The Bertz CT molecular complexity index is 2460. The first-order chi connectivity index (χ1) is 26.8. The van der Waals surface area contributed by atoms with Gasteiger partial charge in [0.15, 0.2) is 0 Å². The van der Waals surface area contributed by atoms with Crippen LogP contribution in [0.25, 0.3) is 22.1 Å². The maximum Gasteiger partial charge on any atom is 0.417 e. The van der Waals surface area contributed by atoms with Crippen molar-refractivity contribution < 1.29 is 22.8 Å². The quantitative estimate of drug-likeness (QED) is 0.141. The molecular formula is C36H34ClF3N14O2. The number of fused-ring (bicyclic) bond motifs is 2. The summed E-state index contributed by atoms with van der Waals surface area (Å²) in [6.07, 6.45) is 8.72. The number of anilines is 2. The number of alkyl halides is 3. The SMILES string of the molecule is CCn1cnc2cnc(C(=O)NC(C)c3cnc(Cl)cn3)cc21.CCn1cnc2cnc(C(=O)NC(C)c3cnc(Nc4ccc(C(F)(F)F)cn4)cn3)cc21. The summed E-state index contributed by atoms with van der Waals surface area (Å²) in [4.78, 5) is 62.2. The highest BCUT2D eigenvalue weighted by Gasteiger charge is 2.30. The van der Waals surface area contributed by atoms with E-state index in [2.05, 4.69) is 60.8 Å². The molecule has 0 aliphatic heterocycles. The van der Waals surface area contributed by atoms with Crippen molar-refractivity contribution in [3.63, 3.8) is 0 Å². The van der Waals surface area contributed by atoms with E-state index in [0.717, 1.165) is 41.9 Å². The first-order valence-electron chi connectivity index (χ1n) is 17.2. The second-order valence-electron chi connectivity index (χ2n) is 12.2. The van der Waals surface area contributed by atoms with Crippen LogP contribution in [0.2, 0.25) is 5.15 Å². The van der Waals surface area contributed by atoms with Gasteiger partial charge < -0.3 is 25.1 Å². The van der Waals surface area contributed by atoms with Crippen LogP contribution in [0.4, 0.5) is 24.8 Å². The smallest absolute Gasteiger partial charge is 0.343 e. The van der Waals surface area contributed by atoms with Crippen LogP contribution in [-0.2, 0) is 19.3 Å². The molecule has 0 spiro atoms.